The highest BCUT2D eigenvalue weighted by molar-refractivity contribution is 5.05. The molecular formula is C14H28N2. The van der Waals surface area contributed by atoms with Gasteiger partial charge in [0.2, 0.25) is 0 Å². The molecular weight excluding hydrogens is 196 g/mol. The van der Waals surface area contributed by atoms with Crippen molar-refractivity contribution in [2.45, 2.75) is 70.4 Å². The highest BCUT2D eigenvalue weighted by Gasteiger charge is 2.48. The van der Waals surface area contributed by atoms with Crippen LogP contribution in [0.3, 0.4) is 0 Å². The Hall–Kier alpha value is -0.0800. The van der Waals surface area contributed by atoms with Gasteiger partial charge in [-0.3, -0.25) is 4.90 Å². The second-order valence-electron chi connectivity index (χ2n) is 6.51. The highest BCUT2D eigenvalue weighted by atomic mass is 15.3. The average molecular weight is 224 g/mol. The fourth-order valence-corrected chi connectivity index (χ4v) is 4.09. The van der Waals surface area contributed by atoms with E-state index in [2.05, 4.69) is 25.7 Å². The van der Waals surface area contributed by atoms with Gasteiger partial charge in [-0.1, -0.05) is 13.3 Å². The van der Waals surface area contributed by atoms with Gasteiger partial charge in [0, 0.05) is 17.6 Å². The molecule has 1 heterocycles. The van der Waals surface area contributed by atoms with Crippen molar-refractivity contribution in [3.05, 3.63) is 0 Å². The van der Waals surface area contributed by atoms with Crippen molar-refractivity contribution in [3.63, 3.8) is 0 Å². The SMILES string of the molecule is CCC1CCC(CN)(N2CCCC2(C)C)C1. The molecule has 2 heteroatoms. The van der Waals surface area contributed by atoms with Gasteiger partial charge in [-0.15, -0.1) is 0 Å². The summed E-state index contributed by atoms with van der Waals surface area (Å²) in [6, 6.07) is 0. The van der Waals surface area contributed by atoms with E-state index in [-0.39, 0.29) is 0 Å². The van der Waals surface area contributed by atoms with Crippen LogP contribution in [-0.4, -0.2) is 29.1 Å². The molecule has 2 rings (SSSR count). The third-order valence-corrected chi connectivity index (χ3v) is 5.12. The number of hydrogen-bond acceptors (Lipinski definition) is 2. The molecule has 16 heavy (non-hydrogen) atoms. The Morgan fingerprint density at radius 1 is 1.31 bits per heavy atom. The Labute approximate surface area is 101 Å². The van der Waals surface area contributed by atoms with Gasteiger partial charge in [0.15, 0.2) is 0 Å². The molecule has 2 fully saturated rings. The molecule has 0 radical (unpaired) electrons. The van der Waals surface area contributed by atoms with Gasteiger partial charge < -0.3 is 5.73 Å². The zero-order valence-electron chi connectivity index (χ0n) is 11.3. The van der Waals surface area contributed by atoms with E-state index in [1.165, 1.54) is 45.1 Å². The molecule has 94 valence electrons. The molecule has 0 bridgehead atoms. The number of nitrogens with two attached hydrogens (primary N) is 1. The minimum Gasteiger partial charge on any atom is -0.329 e. The molecule has 1 saturated heterocycles. The summed E-state index contributed by atoms with van der Waals surface area (Å²) >= 11 is 0. The van der Waals surface area contributed by atoms with Crippen LogP contribution in [0.15, 0.2) is 0 Å². The lowest BCUT2D eigenvalue weighted by molar-refractivity contribution is 0.0362. The highest BCUT2D eigenvalue weighted by Crippen LogP contribution is 2.45. The smallest absolute Gasteiger partial charge is 0.0339 e. The molecule has 1 aliphatic carbocycles. The van der Waals surface area contributed by atoms with Crippen molar-refractivity contribution in [2.75, 3.05) is 13.1 Å². The lowest BCUT2D eigenvalue weighted by Gasteiger charge is -2.46. The van der Waals surface area contributed by atoms with Crippen molar-refractivity contribution in [1.82, 2.24) is 4.90 Å². The lowest BCUT2D eigenvalue weighted by atomic mass is 9.88. The Morgan fingerprint density at radius 3 is 2.50 bits per heavy atom. The number of rotatable bonds is 3. The second-order valence-corrected chi connectivity index (χ2v) is 6.51. The van der Waals surface area contributed by atoms with Gasteiger partial charge in [0.05, 0.1) is 0 Å². The topological polar surface area (TPSA) is 29.3 Å². The molecule has 1 aliphatic heterocycles. The molecule has 0 amide bonds. The minimum atomic E-state index is 0.334. The first kappa shape index (κ1) is 12.4. The third-order valence-electron chi connectivity index (χ3n) is 5.12. The van der Waals surface area contributed by atoms with Crippen molar-refractivity contribution < 1.29 is 0 Å². The maximum Gasteiger partial charge on any atom is 0.0339 e. The van der Waals surface area contributed by atoms with Crippen LogP contribution in [0.5, 0.6) is 0 Å². The van der Waals surface area contributed by atoms with Gasteiger partial charge in [0.1, 0.15) is 0 Å². The maximum absolute atomic E-state index is 6.14. The van der Waals surface area contributed by atoms with Crippen molar-refractivity contribution >= 4 is 0 Å². The number of nitrogens with zero attached hydrogens (tertiary/aromatic N) is 1. The molecule has 2 unspecified atom stereocenters. The zero-order valence-corrected chi connectivity index (χ0v) is 11.3. The molecule has 0 aromatic heterocycles. The van der Waals surface area contributed by atoms with Crippen LogP contribution in [0.1, 0.15) is 59.3 Å². The summed E-state index contributed by atoms with van der Waals surface area (Å²) in [7, 11) is 0. The van der Waals surface area contributed by atoms with E-state index < -0.39 is 0 Å². The molecule has 2 aliphatic rings. The summed E-state index contributed by atoms with van der Waals surface area (Å²) in [6.07, 6.45) is 8.07. The maximum atomic E-state index is 6.14. The van der Waals surface area contributed by atoms with E-state index >= 15 is 0 Å². The fourth-order valence-electron chi connectivity index (χ4n) is 4.09. The minimum absolute atomic E-state index is 0.334. The van der Waals surface area contributed by atoms with Crippen LogP contribution >= 0.6 is 0 Å². The molecule has 0 aromatic carbocycles. The summed E-state index contributed by atoms with van der Waals surface area (Å²) < 4.78 is 0. The lowest BCUT2D eigenvalue weighted by Crippen LogP contribution is -2.57. The fraction of sp³-hybridized carbons (Fsp3) is 1.00. The largest absolute Gasteiger partial charge is 0.329 e. The van der Waals surface area contributed by atoms with Gasteiger partial charge in [-0.25, -0.2) is 0 Å². The van der Waals surface area contributed by atoms with Crippen LogP contribution in [0.25, 0.3) is 0 Å². The molecule has 2 N–H and O–H groups in total. The third kappa shape index (κ3) is 1.91. The van der Waals surface area contributed by atoms with Crippen molar-refractivity contribution in [2.24, 2.45) is 11.7 Å². The standard InChI is InChI=1S/C14H28N2/c1-4-12-6-8-14(10-12,11-15)16-9-5-7-13(16,2)3/h12H,4-11,15H2,1-3H3. The Bertz CT molecular complexity index is 249. The number of likely N-dealkylation sites (tertiary alicyclic amines) is 1. The Kier molecular flexibility index (Phi) is 3.33. The molecule has 0 spiro atoms. The van der Waals surface area contributed by atoms with Crippen molar-refractivity contribution in [1.29, 1.82) is 0 Å². The first-order valence-corrected chi connectivity index (χ1v) is 7.02. The molecule has 2 atom stereocenters. The summed E-state index contributed by atoms with van der Waals surface area (Å²) in [4.78, 5) is 2.75. The quantitative estimate of drug-likeness (QED) is 0.798. The van der Waals surface area contributed by atoms with Crippen LogP contribution in [0.2, 0.25) is 0 Å². The van der Waals surface area contributed by atoms with Crippen molar-refractivity contribution in [3.8, 4) is 0 Å². The van der Waals surface area contributed by atoms with Crippen LogP contribution in [0, 0.1) is 5.92 Å². The van der Waals surface area contributed by atoms with E-state index in [9.17, 15) is 0 Å². The molecule has 2 nitrogen and oxygen atoms in total. The normalized spacial score (nSPS) is 39.4. The van der Waals surface area contributed by atoms with Crippen LogP contribution in [-0.2, 0) is 0 Å². The first-order valence-electron chi connectivity index (χ1n) is 7.02. The number of hydrogen-bond donors (Lipinski definition) is 1. The first-order chi connectivity index (χ1) is 7.54. The molecule has 0 aromatic rings. The summed E-state index contributed by atoms with van der Waals surface area (Å²) in [5, 5.41) is 0. The predicted molar refractivity (Wildman–Crippen MR) is 69.4 cm³/mol. The van der Waals surface area contributed by atoms with Crippen LogP contribution < -0.4 is 5.73 Å². The van der Waals surface area contributed by atoms with Gasteiger partial charge in [0.25, 0.3) is 0 Å². The van der Waals surface area contributed by atoms with E-state index in [0.717, 1.165) is 12.5 Å². The van der Waals surface area contributed by atoms with E-state index in [1.807, 2.05) is 0 Å². The monoisotopic (exact) mass is 224 g/mol. The summed E-state index contributed by atoms with van der Waals surface area (Å²) in [5.74, 6) is 0.917. The second kappa shape index (κ2) is 4.30. The predicted octanol–water partition coefficient (Wildman–Crippen LogP) is 2.77. The zero-order chi connectivity index (χ0) is 11.8. The van der Waals surface area contributed by atoms with Gasteiger partial charge >= 0.3 is 0 Å². The summed E-state index contributed by atoms with van der Waals surface area (Å²) in [6.45, 7) is 9.24. The van der Waals surface area contributed by atoms with Crippen LogP contribution in [0.4, 0.5) is 0 Å². The van der Waals surface area contributed by atoms with Gasteiger partial charge in [-0.2, -0.15) is 0 Å². The van der Waals surface area contributed by atoms with E-state index in [4.69, 9.17) is 5.73 Å². The van der Waals surface area contributed by atoms with E-state index in [1.54, 1.807) is 0 Å². The Morgan fingerprint density at radius 2 is 2.06 bits per heavy atom. The van der Waals surface area contributed by atoms with E-state index in [0.29, 0.717) is 11.1 Å². The summed E-state index contributed by atoms with van der Waals surface area (Å²) in [5.41, 5.74) is 6.86. The molecule has 1 saturated carbocycles. The van der Waals surface area contributed by atoms with Gasteiger partial charge in [-0.05, 0) is 58.4 Å². The Balaban J connectivity index is 2.16. The average Bonchev–Trinajstić information content (AvgIpc) is 2.82.